The van der Waals surface area contributed by atoms with Crippen LogP contribution in [0.3, 0.4) is 0 Å². The van der Waals surface area contributed by atoms with Gasteiger partial charge in [-0.25, -0.2) is 4.39 Å². The molecule has 37 heavy (non-hydrogen) atoms. The summed E-state index contributed by atoms with van der Waals surface area (Å²) in [5.74, 6) is -0.719. The van der Waals surface area contributed by atoms with Crippen molar-refractivity contribution in [3.05, 3.63) is 65.5 Å². The number of aryl methyl sites for hydroxylation is 1. The number of halogens is 1. The lowest BCUT2D eigenvalue weighted by atomic mass is 9.92. The second kappa shape index (κ2) is 17.7. The third-order valence-corrected chi connectivity index (χ3v) is 6.77. The van der Waals surface area contributed by atoms with Crippen molar-refractivity contribution in [3.63, 3.8) is 0 Å². The Morgan fingerprint density at radius 3 is 2.05 bits per heavy atom. The monoisotopic (exact) mass is 512 g/mol. The van der Waals surface area contributed by atoms with Gasteiger partial charge in [0.05, 0.1) is 0 Å². The van der Waals surface area contributed by atoms with E-state index in [-0.39, 0.29) is 24.3 Å². The van der Waals surface area contributed by atoms with Crippen LogP contribution in [-0.4, -0.2) is 29.3 Å². The number of likely N-dealkylation sites (N-methyl/N-ethyl adjacent to an activating group) is 1. The van der Waals surface area contributed by atoms with Crippen molar-refractivity contribution >= 4 is 17.5 Å². The first-order chi connectivity index (χ1) is 17.9. The summed E-state index contributed by atoms with van der Waals surface area (Å²) in [5.41, 5.74) is 2.13. The van der Waals surface area contributed by atoms with Gasteiger partial charge in [-0.15, -0.1) is 0 Å². The van der Waals surface area contributed by atoms with E-state index >= 15 is 0 Å². The number of hydrogen-bond donors (Lipinski definition) is 0. The second-order valence-electron chi connectivity index (χ2n) is 9.27. The number of unbranched alkanes of at least 4 members (excludes halogenated alkanes) is 1. The number of nitrogens with zero attached hydrogens (tertiary/aromatic N) is 2. The smallest absolute Gasteiger partial charge is 0.250 e. The van der Waals surface area contributed by atoms with Crippen molar-refractivity contribution in [2.24, 2.45) is 0 Å². The molecule has 0 bridgehead atoms. The Balaban J connectivity index is 0.00000104. The summed E-state index contributed by atoms with van der Waals surface area (Å²) in [6.45, 7) is 14.7. The fraction of sp³-hybridized carbons (Fsp3) is 0.562. The van der Waals surface area contributed by atoms with Gasteiger partial charge in [0.15, 0.2) is 0 Å². The van der Waals surface area contributed by atoms with Crippen molar-refractivity contribution in [2.75, 3.05) is 11.4 Å². The zero-order valence-electron chi connectivity index (χ0n) is 24.2. The number of benzene rings is 2. The average molecular weight is 513 g/mol. The molecule has 0 aromatic heterocycles. The van der Waals surface area contributed by atoms with Crippen molar-refractivity contribution in [1.29, 1.82) is 0 Å². The Morgan fingerprint density at radius 2 is 1.54 bits per heavy atom. The predicted octanol–water partition coefficient (Wildman–Crippen LogP) is 8.63. The molecule has 2 aromatic rings. The van der Waals surface area contributed by atoms with Gasteiger partial charge in [-0.05, 0) is 56.0 Å². The van der Waals surface area contributed by atoms with E-state index in [1.54, 1.807) is 19.1 Å². The Morgan fingerprint density at radius 1 is 0.919 bits per heavy atom. The van der Waals surface area contributed by atoms with Gasteiger partial charge in [-0.2, -0.15) is 0 Å². The van der Waals surface area contributed by atoms with E-state index in [1.165, 1.54) is 36.3 Å². The maximum absolute atomic E-state index is 14.1. The summed E-state index contributed by atoms with van der Waals surface area (Å²) in [4.78, 5) is 30.7. The van der Waals surface area contributed by atoms with Crippen LogP contribution >= 0.6 is 0 Å². The predicted molar refractivity (Wildman–Crippen MR) is 154 cm³/mol. The molecule has 0 radical (unpaired) electrons. The largest absolute Gasteiger partial charge is 0.338 e. The number of carbonyl (C=O) groups excluding carboxylic acids is 2. The van der Waals surface area contributed by atoms with Crippen molar-refractivity contribution in [1.82, 2.24) is 4.90 Å². The van der Waals surface area contributed by atoms with E-state index in [2.05, 4.69) is 13.8 Å². The van der Waals surface area contributed by atoms with Crippen LogP contribution in [0.1, 0.15) is 110 Å². The summed E-state index contributed by atoms with van der Waals surface area (Å²) < 4.78 is 14.1. The fourth-order valence-corrected chi connectivity index (χ4v) is 4.65. The Labute approximate surface area is 225 Å². The van der Waals surface area contributed by atoms with Gasteiger partial charge in [-0.1, -0.05) is 97.1 Å². The quantitative estimate of drug-likeness (QED) is 0.355. The molecule has 0 spiro atoms. The molecule has 0 heterocycles. The minimum atomic E-state index is -0.822. The number of hydrogen-bond acceptors (Lipinski definition) is 2. The molecule has 1 atom stereocenters. The topological polar surface area (TPSA) is 40.6 Å². The van der Waals surface area contributed by atoms with E-state index in [9.17, 15) is 14.0 Å². The molecule has 1 saturated carbocycles. The number of rotatable bonds is 8. The first-order valence-corrected chi connectivity index (χ1v) is 14.3. The van der Waals surface area contributed by atoms with Crippen LogP contribution in [0.5, 0.6) is 0 Å². The average Bonchev–Trinajstić information content (AvgIpc) is 2.94. The Kier molecular flexibility index (Phi) is 15.5. The first-order valence-electron chi connectivity index (χ1n) is 14.3. The molecule has 3 rings (SSSR count). The summed E-state index contributed by atoms with van der Waals surface area (Å²) in [6, 6.07) is 13.0. The van der Waals surface area contributed by atoms with Gasteiger partial charge < -0.3 is 4.90 Å². The van der Waals surface area contributed by atoms with Gasteiger partial charge in [0.2, 0.25) is 5.91 Å². The van der Waals surface area contributed by atoms with E-state index in [0.717, 1.165) is 36.8 Å². The normalized spacial score (nSPS) is 13.8. The van der Waals surface area contributed by atoms with E-state index < -0.39 is 11.9 Å². The first kappa shape index (κ1) is 32.3. The minimum Gasteiger partial charge on any atom is -0.338 e. The molecule has 1 aliphatic rings. The maximum atomic E-state index is 14.1. The zero-order valence-corrected chi connectivity index (χ0v) is 24.2. The molecular weight excluding hydrogens is 463 g/mol. The van der Waals surface area contributed by atoms with Crippen LogP contribution in [0.4, 0.5) is 10.1 Å². The molecule has 206 valence electrons. The fourth-order valence-electron chi connectivity index (χ4n) is 4.65. The van der Waals surface area contributed by atoms with Gasteiger partial charge in [-0.3, -0.25) is 14.5 Å². The molecule has 0 saturated heterocycles. The molecule has 1 unspecified atom stereocenters. The highest BCUT2D eigenvalue weighted by atomic mass is 19.1. The lowest BCUT2D eigenvalue weighted by molar-refractivity contribution is -0.137. The molecule has 1 fully saturated rings. The van der Waals surface area contributed by atoms with Gasteiger partial charge in [0, 0.05) is 24.7 Å². The third kappa shape index (κ3) is 9.28. The van der Waals surface area contributed by atoms with E-state index in [4.69, 9.17) is 0 Å². The molecule has 2 aromatic carbocycles. The SMILES string of the molecule is CC.CCC(=O)N(c1cccc(F)c1)C(C(=O)N(CC)C1CCCCC1)c1ccccc1C.CCCC. The molecule has 4 nitrogen and oxygen atoms in total. The standard InChI is InChI=1S/C26H33FN2O2.C4H10.C2H6/c1-4-24(30)29(22-16-11-13-20(27)18-22)25(23-17-10-9-12-19(23)3)26(31)28(5-2)21-14-7-6-8-15-21;1-3-4-2;1-2/h9-13,16-18,21,25H,4-8,14-15H2,1-3H3;3-4H2,1-2H3;1-2H3. The Bertz CT molecular complexity index is 938. The summed E-state index contributed by atoms with van der Waals surface area (Å²) >= 11 is 0. The van der Waals surface area contributed by atoms with E-state index in [0.29, 0.717) is 12.2 Å². The zero-order chi connectivity index (χ0) is 27.8. The number of anilines is 1. The maximum Gasteiger partial charge on any atom is 0.250 e. The molecule has 2 amide bonds. The molecule has 0 aliphatic heterocycles. The second-order valence-corrected chi connectivity index (χ2v) is 9.27. The summed E-state index contributed by atoms with van der Waals surface area (Å²) in [5, 5.41) is 0. The van der Waals surface area contributed by atoms with Crippen LogP contribution in [0, 0.1) is 12.7 Å². The highest BCUT2D eigenvalue weighted by Gasteiger charge is 2.37. The minimum absolute atomic E-state index is 0.0882. The number of amides is 2. The van der Waals surface area contributed by atoms with Crippen LogP contribution in [0.2, 0.25) is 0 Å². The van der Waals surface area contributed by atoms with Crippen LogP contribution in [-0.2, 0) is 9.59 Å². The lowest BCUT2D eigenvalue weighted by Gasteiger charge is -2.39. The van der Waals surface area contributed by atoms with Crippen LogP contribution < -0.4 is 4.90 Å². The highest BCUT2D eigenvalue weighted by Crippen LogP contribution is 2.34. The Hall–Kier alpha value is -2.69. The van der Waals surface area contributed by atoms with Gasteiger partial charge in [0.25, 0.3) is 5.91 Å². The van der Waals surface area contributed by atoms with Crippen LogP contribution in [0.25, 0.3) is 0 Å². The molecule has 0 N–H and O–H groups in total. The highest BCUT2D eigenvalue weighted by molar-refractivity contribution is 6.01. The van der Waals surface area contributed by atoms with Crippen molar-refractivity contribution in [2.45, 2.75) is 112 Å². The summed E-state index contributed by atoms with van der Waals surface area (Å²) in [6.07, 6.45) is 8.27. The summed E-state index contributed by atoms with van der Waals surface area (Å²) in [7, 11) is 0. The van der Waals surface area contributed by atoms with Gasteiger partial charge >= 0.3 is 0 Å². The number of carbonyl (C=O) groups is 2. The van der Waals surface area contributed by atoms with Gasteiger partial charge in [0.1, 0.15) is 11.9 Å². The molecule has 1 aliphatic carbocycles. The van der Waals surface area contributed by atoms with Crippen LogP contribution in [0.15, 0.2) is 48.5 Å². The van der Waals surface area contributed by atoms with Crippen molar-refractivity contribution < 1.29 is 14.0 Å². The molecule has 5 heteroatoms. The third-order valence-electron chi connectivity index (χ3n) is 6.77. The van der Waals surface area contributed by atoms with E-state index in [1.807, 2.05) is 56.9 Å². The molecular formula is C32H49FN2O2. The van der Waals surface area contributed by atoms with Crippen molar-refractivity contribution in [3.8, 4) is 0 Å². The lowest BCUT2D eigenvalue weighted by Crippen LogP contribution is -2.49.